The van der Waals surface area contributed by atoms with Crippen LogP contribution in [0.2, 0.25) is 0 Å². The normalized spacial score (nSPS) is 10.6. The molecule has 0 aliphatic rings. The van der Waals surface area contributed by atoms with Gasteiger partial charge in [0.1, 0.15) is 5.75 Å². The first-order chi connectivity index (χ1) is 11.7. The van der Waals surface area contributed by atoms with E-state index in [0.29, 0.717) is 24.6 Å². The molecule has 130 valence electrons. The van der Waals surface area contributed by atoms with Crippen LogP contribution in [0, 0.1) is 6.92 Å². The van der Waals surface area contributed by atoms with E-state index >= 15 is 0 Å². The van der Waals surface area contributed by atoms with Crippen molar-refractivity contribution in [3.05, 3.63) is 29.8 Å². The maximum absolute atomic E-state index is 11.9. The van der Waals surface area contributed by atoms with Crippen LogP contribution in [0.5, 0.6) is 5.75 Å². The van der Waals surface area contributed by atoms with Crippen LogP contribution >= 0.6 is 23.1 Å². The highest BCUT2D eigenvalue weighted by Gasteiger charge is 2.08. The number of rotatable bonds is 10. The number of nitrogens with one attached hydrogen (secondary N) is 1. The number of amides is 1. The quantitative estimate of drug-likeness (QED) is 0.380. The van der Waals surface area contributed by atoms with Crippen LogP contribution in [0.4, 0.5) is 5.13 Å². The van der Waals surface area contributed by atoms with Gasteiger partial charge in [-0.3, -0.25) is 4.79 Å². The number of para-hydroxylation sites is 1. The van der Waals surface area contributed by atoms with Gasteiger partial charge in [-0.05, 0) is 31.4 Å². The van der Waals surface area contributed by atoms with Crippen molar-refractivity contribution in [1.82, 2.24) is 10.2 Å². The Balaban J connectivity index is 1.65. The molecular weight excluding hydrogens is 342 g/mol. The minimum Gasteiger partial charge on any atom is -0.493 e. The molecule has 0 saturated heterocycles. The lowest BCUT2D eigenvalue weighted by atomic mass is 10.2. The highest BCUT2D eigenvalue weighted by Crippen LogP contribution is 2.26. The Hall–Kier alpha value is -1.60. The predicted molar refractivity (Wildman–Crippen MR) is 100 cm³/mol. The number of carbonyl (C=O) groups is 1. The molecule has 1 heterocycles. The molecule has 0 aliphatic carbocycles. The summed E-state index contributed by atoms with van der Waals surface area (Å²) in [5, 5.41) is 11.5. The van der Waals surface area contributed by atoms with Crippen LogP contribution in [0.15, 0.2) is 28.6 Å². The van der Waals surface area contributed by atoms with Crippen molar-refractivity contribution >= 4 is 34.1 Å². The lowest BCUT2D eigenvalue weighted by Crippen LogP contribution is -2.12. The van der Waals surface area contributed by atoms with Crippen LogP contribution in [0.25, 0.3) is 0 Å². The zero-order chi connectivity index (χ0) is 17.2. The van der Waals surface area contributed by atoms with Gasteiger partial charge in [-0.15, -0.1) is 10.2 Å². The fraction of sp³-hybridized carbons (Fsp3) is 0.471. The molecule has 0 radical (unpaired) electrons. The lowest BCUT2D eigenvalue weighted by molar-refractivity contribution is -0.116. The van der Waals surface area contributed by atoms with Crippen LogP contribution in [0.3, 0.4) is 0 Å². The molecule has 0 atom stereocenters. The van der Waals surface area contributed by atoms with Crippen molar-refractivity contribution in [3.63, 3.8) is 0 Å². The summed E-state index contributed by atoms with van der Waals surface area (Å²) in [6.07, 6.45) is 3.40. The van der Waals surface area contributed by atoms with Gasteiger partial charge in [0.2, 0.25) is 11.0 Å². The number of hydrogen-bond donors (Lipinski definition) is 1. The number of nitrogens with zero attached hydrogens (tertiary/aromatic N) is 2. The number of anilines is 1. The molecule has 1 aromatic heterocycles. The number of benzene rings is 1. The van der Waals surface area contributed by atoms with Crippen molar-refractivity contribution < 1.29 is 9.53 Å². The molecule has 0 saturated carbocycles. The van der Waals surface area contributed by atoms with Gasteiger partial charge in [0.15, 0.2) is 4.34 Å². The van der Waals surface area contributed by atoms with Gasteiger partial charge in [0.25, 0.3) is 0 Å². The zero-order valence-corrected chi connectivity index (χ0v) is 15.7. The number of aromatic nitrogens is 2. The average molecular weight is 366 g/mol. The Morgan fingerprint density at radius 3 is 2.92 bits per heavy atom. The van der Waals surface area contributed by atoms with E-state index in [4.69, 9.17) is 4.74 Å². The summed E-state index contributed by atoms with van der Waals surface area (Å²) in [6, 6.07) is 7.87. The molecule has 1 aromatic carbocycles. The molecule has 0 spiro atoms. The van der Waals surface area contributed by atoms with Crippen LogP contribution in [0.1, 0.15) is 38.2 Å². The van der Waals surface area contributed by atoms with Gasteiger partial charge >= 0.3 is 0 Å². The second-order valence-electron chi connectivity index (χ2n) is 5.34. The Bertz CT molecular complexity index is 646. The highest BCUT2D eigenvalue weighted by molar-refractivity contribution is 8.01. The third-order valence-corrected chi connectivity index (χ3v) is 5.33. The van der Waals surface area contributed by atoms with Crippen LogP contribution < -0.4 is 10.1 Å². The van der Waals surface area contributed by atoms with E-state index in [1.54, 1.807) is 11.8 Å². The molecule has 24 heavy (non-hydrogen) atoms. The van der Waals surface area contributed by atoms with Crippen molar-refractivity contribution in [2.75, 3.05) is 17.7 Å². The van der Waals surface area contributed by atoms with Gasteiger partial charge in [0, 0.05) is 12.2 Å². The highest BCUT2D eigenvalue weighted by atomic mass is 32.2. The van der Waals surface area contributed by atoms with Crippen LogP contribution in [-0.4, -0.2) is 28.5 Å². The van der Waals surface area contributed by atoms with E-state index in [9.17, 15) is 4.79 Å². The molecule has 5 nitrogen and oxygen atoms in total. The number of ether oxygens (including phenoxy) is 1. The number of thioether (sulfide) groups is 1. The van der Waals surface area contributed by atoms with Gasteiger partial charge in [0.05, 0.1) is 6.61 Å². The van der Waals surface area contributed by atoms with Gasteiger partial charge < -0.3 is 10.1 Å². The van der Waals surface area contributed by atoms with Gasteiger partial charge in [-0.2, -0.15) is 0 Å². The molecule has 2 aromatic rings. The monoisotopic (exact) mass is 365 g/mol. The molecule has 0 fully saturated rings. The van der Waals surface area contributed by atoms with Crippen molar-refractivity contribution in [2.45, 2.75) is 43.9 Å². The first-order valence-electron chi connectivity index (χ1n) is 8.13. The van der Waals surface area contributed by atoms with E-state index in [1.165, 1.54) is 17.8 Å². The van der Waals surface area contributed by atoms with Crippen LogP contribution in [-0.2, 0) is 4.79 Å². The second-order valence-corrected chi connectivity index (χ2v) is 7.66. The SMILES string of the molecule is CCCCSc1nnc(NC(=O)CCCOc2ccccc2C)s1. The number of hydrogen-bond acceptors (Lipinski definition) is 6. The summed E-state index contributed by atoms with van der Waals surface area (Å²) < 4.78 is 6.59. The smallest absolute Gasteiger partial charge is 0.226 e. The number of aryl methyl sites for hydroxylation is 1. The molecular formula is C17H23N3O2S2. The summed E-state index contributed by atoms with van der Waals surface area (Å²) in [4.78, 5) is 11.9. The largest absolute Gasteiger partial charge is 0.493 e. The third kappa shape index (κ3) is 6.49. The standard InChI is InChI=1S/C17H23N3O2S2/c1-3-4-12-23-17-20-19-16(24-17)18-15(21)10-7-11-22-14-9-6-5-8-13(14)2/h5-6,8-9H,3-4,7,10-12H2,1-2H3,(H,18,19,21). The maximum Gasteiger partial charge on any atom is 0.226 e. The van der Waals surface area contributed by atoms with E-state index in [-0.39, 0.29) is 5.91 Å². The Morgan fingerprint density at radius 1 is 1.29 bits per heavy atom. The number of unbranched alkanes of at least 4 members (excludes halogenated alkanes) is 1. The lowest BCUT2D eigenvalue weighted by Gasteiger charge is -2.08. The third-order valence-electron chi connectivity index (χ3n) is 3.28. The van der Waals surface area contributed by atoms with Gasteiger partial charge in [-0.1, -0.05) is 54.6 Å². The fourth-order valence-electron chi connectivity index (χ4n) is 1.94. The molecule has 1 N–H and O–H groups in total. The Morgan fingerprint density at radius 2 is 2.12 bits per heavy atom. The topological polar surface area (TPSA) is 64.1 Å². The summed E-state index contributed by atoms with van der Waals surface area (Å²) in [7, 11) is 0. The molecule has 2 rings (SSSR count). The van der Waals surface area contributed by atoms with Gasteiger partial charge in [-0.25, -0.2) is 0 Å². The average Bonchev–Trinajstić information content (AvgIpc) is 3.00. The minimum absolute atomic E-state index is 0.0513. The van der Waals surface area contributed by atoms with E-state index < -0.39 is 0 Å². The van der Waals surface area contributed by atoms with E-state index in [2.05, 4.69) is 22.4 Å². The Labute approximate surface area is 151 Å². The molecule has 0 aliphatic heterocycles. The maximum atomic E-state index is 11.9. The summed E-state index contributed by atoms with van der Waals surface area (Å²) in [6.45, 7) is 4.69. The van der Waals surface area contributed by atoms with Crippen molar-refractivity contribution in [2.24, 2.45) is 0 Å². The first kappa shape index (κ1) is 18.7. The Kier molecular flexibility index (Phi) is 8.04. The van der Waals surface area contributed by atoms with Crippen molar-refractivity contribution in [3.8, 4) is 5.75 Å². The minimum atomic E-state index is -0.0513. The molecule has 0 bridgehead atoms. The summed E-state index contributed by atoms with van der Waals surface area (Å²) >= 11 is 3.11. The number of carbonyl (C=O) groups excluding carboxylic acids is 1. The predicted octanol–water partition coefficient (Wildman–Crippen LogP) is 4.54. The van der Waals surface area contributed by atoms with E-state index in [0.717, 1.165) is 27.8 Å². The zero-order valence-electron chi connectivity index (χ0n) is 14.1. The van der Waals surface area contributed by atoms with Crippen molar-refractivity contribution in [1.29, 1.82) is 0 Å². The first-order valence-corrected chi connectivity index (χ1v) is 9.94. The molecule has 0 unspecified atom stereocenters. The second kappa shape index (κ2) is 10.3. The summed E-state index contributed by atoms with van der Waals surface area (Å²) in [5.41, 5.74) is 1.10. The molecule has 7 heteroatoms. The molecule has 1 amide bonds. The summed E-state index contributed by atoms with van der Waals surface area (Å²) in [5.74, 6) is 1.86. The fourth-order valence-corrected chi connectivity index (χ4v) is 3.86. The van der Waals surface area contributed by atoms with E-state index in [1.807, 2.05) is 31.2 Å².